The predicted octanol–water partition coefficient (Wildman–Crippen LogP) is 6.20. The van der Waals surface area contributed by atoms with Gasteiger partial charge in [-0.05, 0) is 42.8 Å². The molecule has 4 nitrogen and oxygen atoms in total. The first kappa shape index (κ1) is 19.5. The van der Waals surface area contributed by atoms with Gasteiger partial charge < -0.3 is 9.47 Å². The highest BCUT2D eigenvalue weighted by Crippen LogP contribution is 2.20. The van der Waals surface area contributed by atoms with Crippen LogP contribution in [0, 0.1) is 6.57 Å². The standard InChI is InChI=1S/C22H25NO3/c1-3-4-5-6-7-8-17-25-20-13-9-18(10-14-20)22(24)26-21-15-11-19(23-2)12-16-21/h9-16H,3-8,17H2,1H3. The van der Waals surface area contributed by atoms with Gasteiger partial charge in [-0.15, -0.1) is 0 Å². The van der Waals surface area contributed by atoms with Gasteiger partial charge in [0.05, 0.1) is 18.7 Å². The summed E-state index contributed by atoms with van der Waals surface area (Å²) in [4.78, 5) is 15.4. The van der Waals surface area contributed by atoms with Crippen LogP contribution in [0.5, 0.6) is 11.5 Å². The zero-order valence-electron chi connectivity index (χ0n) is 15.2. The fourth-order valence-corrected chi connectivity index (χ4v) is 2.51. The Balaban J connectivity index is 1.75. The summed E-state index contributed by atoms with van der Waals surface area (Å²) < 4.78 is 11.0. The van der Waals surface area contributed by atoms with Crippen LogP contribution in [0.2, 0.25) is 0 Å². The van der Waals surface area contributed by atoms with Crippen LogP contribution in [0.15, 0.2) is 48.5 Å². The van der Waals surface area contributed by atoms with Crippen LogP contribution in [0.25, 0.3) is 4.85 Å². The molecule has 4 heteroatoms. The molecule has 0 aliphatic heterocycles. The molecular formula is C22H25NO3. The third-order valence-corrected chi connectivity index (χ3v) is 4.03. The van der Waals surface area contributed by atoms with Gasteiger partial charge in [-0.25, -0.2) is 9.64 Å². The summed E-state index contributed by atoms with van der Waals surface area (Å²) >= 11 is 0. The van der Waals surface area contributed by atoms with E-state index < -0.39 is 5.97 Å². The number of benzene rings is 2. The largest absolute Gasteiger partial charge is 0.494 e. The lowest BCUT2D eigenvalue weighted by Crippen LogP contribution is -2.08. The van der Waals surface area contributed by atoms with Crippen molar-refractivity contribution in [1.82, 2.24) is 0 Å². The quantitative estimate of drug-likeness (QED) is 0.221. The molecule has 2 aromatic rings. The number of rotatable bonds is 10. The van der Waals surface area contributed by atoms with Crippen LogP contribution < -0.4 is 9.47 Å². The van der Waals surface area contributed by atoms with Crippen molar-refractivity contribution in [1.29, 1.82) is 0 Å². The highest BCUT2D eigenvalue weighted by Gasteiger charge is 2.09. The second-order valence-electron chi connectivity index (χ2n) is 6.14. The third kappa shape index (κ3) is 6.60. The predicted molar refractivity (Wildman–Crippen MR) is 103 cm³/mol. The zero-order chi connectivity index (χ0) is 18.6. The Kier molecular flexibility index (Phi) is 8.21. The molecule has 0 bridgehead atoms. The number of hydrogen-bond donors (Lipinski definition) is 0. The van der Waals surface area contributed by atoms with Crippen molar-refractivity contribution in [3.8, 4) is 11.5 Å². The van der Waals surface area contributed by atoms with Crippen LogP contribution in [-0.4, -0.2) is 12.6 Å². The van der Waals surface area contributed by atoms with Crippen LogP contribution in [0.1, 0.15) is 55.8 Å². The average molecular weight is 351 g/mol. The molecule has 0 radical (unpaired) electrons. The molecule has 26 heavy (non-hydrogen) atoms. The molecule has 0 amide bonds. The average Bonchev–Trinajstić information content (AvgIpc) is 2.68. The summed E-state index contributed by atoms with van der Waals surface area (Å²) in [6, 6.07) is 13.4. The Hall–Kier alpha value is -2.80. The van der Waals surface area contributed by atoms with Crippen LogP contribution in [-0.2, 0) is 0 Å². The van der Waals surface area contributed by atoms with Gasteiger partial charge in [0.15, 0.2) is 5.69 Å². The molecule has 0 atom stereocenters. The molecule has 2 rings (SSSR count). The second-order valence-corrected chi connectivity index (χ2v) is 6.14. The van der Waals surface area contributed by atoms with E-state index in [-0.39, 0.29) is 0 Å². The highest BCUT2D eigenvalue weighted by molar-refractivity contribution is 5.91. The number of esters is 1. The van der Waals surface area contributed by atoms with Crippen molar-refractivity contribution >= 4 is 11.7 Å². The number of unbranched alkanes of at least 4 members (excludes halogenated alkanes) is 5. The van der Waals surface area contributed by atoms with Gasteiger partial charge in [0.2, 0.25) is 0 Å². The fourth-order valence-electron chi connectivity index (χ4n) is 2.51. The number of hydrogen-bond acceptors (Lipinski definition) is 3. The maximum Gasteiger partial charge on any atom is 0.343 e. The van der Waals surface area contributed by atoms with E-state index >= 15 is 0 Å². The van der Waals surface area contributed by atoms with Crippen molar-refractivity contribution in [3.05, 3.63) is 65.5 Å². The van der Waals surface area contributed by atoms with Gasteiger partial charge in [0, 0.05) is 0 Å². The van der Waals surface area contributed by atoms with Crippen molar-refractivity contribution in [2.45, 2.75) is 45.4 Å². The highest BCUT2D eigenvalue weighted by atomic mass is 16.5. The maximum atomic E-state index is 12.1. The molecule has 0 saturated carbocycles. The van der Waals surface area contributed by atoms with Gasteiger partial charge in [-0.1, -0.05) is 51.2 Å². The van der Waals surface area contributed by atoms with Crippen molar-refractivity contribution in [3.63, 3.8) is 0 Å². The molecule has 0 unspecified atom stereocenters. The van der Waals surface area contributed by atoms with Gasteiger partial charge >= 0.3 is 5.97 Å². The molecule has 0 saturated heterocycles. The van der Waals surface area contributed by atoms with Crippen LogP contribution in [0.4, 0.5) is 5.69 Å². The lowest BCUT2D eigenvalue weighted by Gasteiger charge is -2.08. The Morgan fingerprint density at radius 1 is 0.885 bits per heavy atom. The molecule has 136 valence electrons. The van der Waals surface area contributed by atoms with Crippen LogP contribution >= 0.6 is 0 Å². The van der Waals surface area contributed by atoms with E-state index in [1.165, 1.54) is 32.1 Å². The molecule has 0 aliphatic carbocycles. The first-order valence-electron chi connectivity index (χ1n) is 9.15. The number of nitrogens with zero attached hydrogens (tertiary/aromatic N) is 1. The third-order valence-electron chi connectivity index (χ3n) is 4.03. The minimum absolute atomic E-state index is 0.422. The Labute approximate surface area is 155 Å². The molecule has 0 N–H and O–H groups in total. The van der Waals surface area contributed by atoms with E-state index in [9.17, 15) is 4.79 Å². The first-order valence-corrected chi connectivity index (χ1v) is 9.15. The van der Waals surface area contributed by atoms with E-state index in [0.717, 1.165) is 12.2 Å². The molecule has 0 spiro atoms. The first-order chi connectivity index (χ1) is 12.7. The summed E-state index contributed by atoms with van der Waals surface area (Å²) in [7, 11) is 0. The number of carbonyl (C=O) groups excluding carboxylic acids is 1. The van der Waals surface area contributed by atoms with E-state index in [2.05, 4.69) is 11.8 Å². The zero-order valence-corrected chi connectivity index (χ0v) is 15.2. The van der Waals surface area contributed by atoms with Gasteiger partial charge in [-0.2, -0.15) is 0 Å². The number of ether oxygens (including phenoxy) is 2. The molecule has 0 aromatic heterocycles. The summed E-state index contributed by atoms with van der Waals surface area (Å²) in [5.74, 6) is 0.755. The summed E-state index contributed by atoms with van der Waals surface area (Å²) in [5.41, 5.74) is 0.975. The van der Waals surface area contributed by atoms with E-state index in [1.807, 2.05) is 0 Å². The topological polar surface area (TPSA) is 39.9 Å². The van der Waals surface area contributed by atoms with E-state index in [4.69, 9.17) is 16.0 Å². The van der Waals surface area contributed by atoms with Crippen molar-refractivity contribution in [2.75, 3.05) is 6.61 Å². The second kappa shape index (κ2) is 10.9. The lowest BCUT2D eigenvalue weighted by molar-refractivity contribution is 0.0734. The SMILES string of the molecule is [C-]#[N+]c1ccc(OC(=O)c2ccc(OCCCCCCCC)cc2)cc1. The van der Waals surface area contributed by atoms with Gasteiger partial charge in [0.1, 0.15) is 11.5 Å². The van der Waals surface area contributed by atoms with E-state index in [1.54, 1.807) is 48.5 Å². The smallest absolute Gasteiger partial charge is 0.343 e. The monoisotopic (exact) mass is 351 g/mol. The Bertz CT molecular complexity index is 715. The normalized spacial score (nSPS) is 10.2. The van der Waals surface area contributed by atoms with E-state index in [0.29, 0.717) is 23.6 Å². The minimum Gasteiger partial charge on any atom is -0.494 e. The van der Waals surface area contributed by atoms with Crippen molar-refractivity contribution in [2.24, 2.45) is 0 Å². The van der Waals surface area contributed by atoms with Crippen LogP contribution in [0.3, 0.4) is 0 Å². The molecule has 2 aromatic carbocycles. The minimum atomic E-state index is -0.428. The molecule has 0 fully saturated rings. The maximum absolute atomic E-state index is 12.1. The summed E-state index contributed by atoms with van der Waals surface area (Å²) in [6.07, 6.45) is 7.37. The lowest BCUT2D eigenvalue weighted by atomic mass is 10.1. The summed E-state index contributed by atoms with van der Waals surface area (Å²) in [5, 5.41) is 0. The molecule has 0 heterocycles. The molecule has 0 aliphatic rings. The van der Waals surface area contributed by atoms with Crippen molar-refractivity contribution < 1.29 is 14.3 Å². The molecular weight excluding hydrogens is 326 g/mol. The van der Waals surface area contributed by atoms with Gasteiger partial charge in [-0.3, -0.25) is 0 Å². The summed E-state index contributed by atoms with van der Waals surface area (Å²) in [6.45, 7) is 9.83. The van der Waals surface area contributed by atoms with Gasteiger partial charge in [0.25, 0.3) is 0 Å². The fraction of sp³-hybridized carbons (Fsp3) is 0.364. The Morgan fingerprint density at radius 3 is 2.15 bits per heavy atom. The number of carbonyl (C=O) groups is 1. The Morgan fingerprint density at radius 2 is 1.50 bits per heavy atom.